The molecule has 5 N–H and O–H groups in total. The summed E-state index contributed by atoms with van der Waals surface area (Å²) < 4.78 is 22.1. The number of hydrogen-bond donors (Lipinski definition) is 4. The molecule has 0 unspecified atom stereocenters. The molecule has 0 saturated heterocycles. The number of rotatable bonds is 4. The second kappa shape index (κ2) is 3.84. The number of nitrogens with one attached hydrogen (secondary N) is 1. The van der Waals surface area contributed by atoms with Crippen LogP contribution < -0.4 is 9.86 Å². The van der Waals surface area contributed by atoms with Gasteiger partial charge in [0.15, 0.2) is 0 Å². The topological polar surface area (TPSA) is 113 Å². The van der Waals surface area contributed by atoms with E-state index in [0.29, 0.717) is 0 Å². The lowest BCUT2D eigenvalue weighted by atomic mass is 10.4. The maximum absolute atomic E-state index is 10.1. The predicted octanol–water partition coefficient (Wildman–Crippen LogP) is -2.87. The van der Waals surface area contributed by atoms with E-state index in [0.717, 1.165) is 0 Å². The number of aliphatic hydroxyl groups excluding tert-OH is 2. The van der Waals surface area contributed by atoms with Gasteiger partial charge in [0.05, 0.1) is 12.7 Å². The van der Waals surface area contributed by atoms with E-state index in [1.165, 1.54) is 0 Å². The predicted molar refractivity (Wildman–Crippen MR) is 34.2 cm³/mol. The van der Waals surface area contributed by atoms with E-state index in [1.54, 1.807) is 0 Å². The van der Waals surface area contributed by atoms with Crippen molar-refractivity contribution in [3.05, 3.63) is 0 Å². The highest BCUT2D eigenvalue weighted by atomic mass is 32.2. The second-order valence-electron chi connectivity index (χ2n) is 1.73. The van der Waals surface area contributed by atoms with Crippen LogP contribution in [0, 0.1) is 0 Å². The summed E-state index contributed by atoms with van der Waals surface area (Å²) in [7, 11) is -3.75. The first kappa shape index (κ1) is 9.79. The molecule has 0 aromatic carbocycles. The molecule has 10 heavy (non-hydrogen) atoms. The van der Waals surface area contributed by atoms with Crippen molar-refractivity contribution in [3.8, 4) is 0 Å². The van der Waals surface area contributed by atoms with Crippen LogP contribution in [0.5, 0.6) is 0 Å². The molecule has 0 fully saturated rings. The van der Waals surface area contributed by atoms with Gasteiger partial charge in [0.2, 0.25) is 0 Å². The number of aliphatic hydroxyl groups is 2. The minimum absolute atomic E-state index is 0.269. The van der Waals surface area contributed by atoms with Crippen molar-refractivity contribution in [2.75, 3.05) is 13.2 Å². The smallest absolute Gasteiger partial charge is 0.274 e. The average molecular weight is 170 g/mol. The maximum Gasteiger partial charge on any atom is 0.274 e. The summed E-state index contributed by atoms with van der Waals surface area (Å²) in [6.45, 7) is -0.766. The molecule has 6 nitrogen and oxygen atoms in total. The van der Waals surface area contributed by atoms with Gasteiger partial charge in [-0.05, 0) is 0 Å². The molecule has 0 spiro atoms. The van der Waals surface area contributed by atoms with Crippen molar-refractivity contribution in [1.29, 1.82) is 0 Å². The van der Waals surface area contributed by atoms with E-state index < -0.39 is 22.9 Å². The molecular weight excluding hydrogens is 160 g/mol. The van der Waals surface area contributed by atoms with Crippen LogP contribution in [0.4, 0.5) is 0 Å². The SMILES string of the molecule is NS(=O)(=O)NC[C@@H](O)CO. The van der Waals surface area contributed by atoms with Crippen LogP contribution in [0.3, 0.4) is 0 Å². The molecule has 0 heterocycles. The van der Waals surface area contributed by atoms with Gasteiger partial charge in [0.1, 0.15) is 0 Å². The Bertz CT molecular complexity index is 177. The van der Waals surface area contributed by atoms with Gasteiger partial charge in [-0.15, -0.1) is 0 Å². The zero-order valence-corrected chi connectivity index (χ0v) is 6.00. The Kier molecular flexibility index (Phi) is 3.76. The van der Waals surface area contributed by atoms with E-state index in [1.807, 2.05) is 4.72 Å². The van der Waals surface area contributed by atoms with E-state index >= 15 is 0 Å². The quantitative estimate of drug-likeness (QED) is 0.363. The Morgan fingerprint density at radius 3 is 2.40 bits per heavy atom. The summed E-state index contributed by atoms with van der Waals surface area (Å²) >= 11 is 0. The first-order valence-corrected chi connectivity index (χ1v) is 4.06. The molecule has 0 bridgehead atoms. The zero-order valence-electron chi connectivity index (χ0n) is 5.19. The van der Waals surface area contributed by atoms with Gasteiger partial charge in [-0.2, -0.15) is 13.1 Å². The van der Waals surface area contributed by atoms with Crippen LogP contribution in [0.15, 0.2) is 0 Å². The number of nitrogens with two attached hydrogens (primary N) is 1. The van der Waals surface area contributed by atoms with E-state index in [2.05, 4.69) is 5.14 Å². The van der Waals surface area contributed by atoms with Gasteiger partial charge >= 0.3 is 0 Å². The Hall–Kier alpha value is -0.210. The molecule has 0 aliphatic rings. The normalized spacial score (nSPS) is 15.1. The molecule has 0 aliphatic carbocycles. The van der Waals surface area contributed by atoms with Crippen LogP contribution in [0.25, 0.3) is 0 Å². The first-order chi connectivity index (χ1) is 4.45. The summed E-state index contributed by atoms with van der Waals surface area (Å²) in [6, 6.07) is 0. The third-order valence-corrected chi connectivity index (χ3v) is 1.30. The maximum atomic E-state index is 10.1. The van der Waals surface area contributed by atoms with Crippen molar-refractivity contribution < 1.29 is 18.6 Å². The fourth-order valence-corrected chi connectivity index (χ4v) is 0.702. The van der Waals surface area contributed by atoms with Crippen molar-refractivity contribution in [1.82, 2.24) is 4.72 Å². The monoisotopic (exact) mass is 170 g/mol. The fourth-order valence-electron chi connectivity index (χ4n) is 0.277. The Balaban J connectivity index is 3.56. The van der Waals surface area contributed by atoms with Gasteiger partial charge in [0.25, 0.3) is 10.2 Å². The van der Waals surface area contributed by atoms with E-state index in [4.69, 9.17) is 10.2 Å². The summed E-state index contributed by atoms with van der Waals surface area (Å²) in [5, 5.41) is 21.3. The molecule has 0 aliphatic heterocycles. The fraction of sp³-hybridized carbons (Fsp3) is 1.00. The molecule has 1 atom stereocenters. The molecule has 7 heteroatoms. The van der Waals surface area contributed by atoms with Crippen molar-refractivity contribution in [3.63, 3.8) is 0 Å². The zero-order chi connectivity index (χ0) is 8.20. The molecule has 0 rings (SSSR count). The molecule has 0 aromatic rings. The van der Waals surface area contributed by atoms with Crippen molar-refractivity contribution in [2.45, 2.75) is 6.10 Å². The summed E-state index contributed by atoms with van der Waals surface area (Å²) in [6.07, 6.45) is -1.10. The second-order valence-corrected chi connectivity index (χ2v) is 3.11. The van der Waals surface area contributed by atoms with Crippen LogP contribution >= 0.6 is 0 Å². The third-order valence-electron chi connectivity index (χ3n) is 0.731. The van der Waals surface area contributed by atoms with Crippen molar-refractivity contribution >= 4 is 10.2 Å². The largest absolute Gasteiger partial charge is 0.394 e. The Morgan fingerprint density at radius 1 is 1.60 bits per heavy atom. The van der Waals surface area contributed by atoms with Crippen LogP contribution in [0.1, 0.15) is 0 Å². The highest BCUT2D eigenvalue weighted by Crippen LogP contribution is 1.77. The van der Waals surface area contributed by atoms with Crippen LogP contribution in [-0.2, 0) is 10.2 Å². The summed E-state index contributed by atoms with van der Waals surface area (Å²) in [4.78, 5) is 0. The van der Waals surface area contributed by atoms with Gasteiger partial charge in [-0.3, -0.25) is 0 Å². The highest BCUT2D eigenvalue weighted by Gasteiger charge is 2.05. The molecule has 0 radical (unpaired) electrons. The van der Waals surface area contributed by atoms with Gasteiger partial charge in [-0.25, -0.2) is 5.14 Å². The summed E-state index contributed by atoms with van der Waals surface area (Å²) in [5.74, 6) is 0. The minimum Gasteiger partial charge on any atom is -0.394 e. The standard InChI is InChI=1S/C3H10N2O4S/c4-10(8,9)5-1-3(7)2-6/h3,5-7H,1-2H2,(H2,4,8,9)/t3-/m1/s1. The lowest BCUT2D eigenvalue weighted by Gasteiger charge is -2.05. The van der Waals surface area contributed by atoms with E-state index in [9.17, 15) is 8.42 Å². The van der Waals surface area contributed by atoms with Crippen LogP contribution in [-0.4, -0.2) is 37.9 Å². The molecular formula is C3H10N2O4S. The first-order valence-electron chi connectivity index (χ1n) is 2.52. The van der Waals surface area contributed by atoms with Crippen molar-refractivity contribution in [2.24, 2.45) is 5.14 Å². The van der Waals surface area contributed by atoms with E-state index in [-0.39, 0.29) is 6.54 Å². The highest BCUT2D eigenvalue weighted by molar-refractivity contribution is 7.87. The Morgan fingerprint density at radius 2 is 2.10 bits per heavy atom. The molecule has 0 aromatic heterocycles. The summed E-state index contributed by atoms with van der Waals surface area (Å²) in [5.41, 5.74) is 0. The molecule has 0 saturated carbocycles. The van der Waals surface area contributed by atoms with Gasteiger partial charge in [0, 0.05) is 6.54 Å². The number of hydrogen-bond acceptors (Lipinski definition) is 4. The van der Waals surface area contributed by atoms with Gasteiger partial charge in [-0.1, -0.05) is 0 Å². The lowest BCUT2D eigenvalue weighted by molar-refractivity contribution is 0.0988. The molecule has 0 amide bonds. The third kappa shape index (κ3) is 5.92. The molecule has 62 valence electrons. The average Bonchev–Trinajstić information content (AvgIpc) is 1.81. The van der Waals surface area contributed by atoms with Crippen LogP contribution in [0.2, 0.25) is 0 Å². The minimum atomic E-state index is -3.75. The Labute approximate surface area is 58.8 Å². The van der Waals surface area contributed by atoms with Gasteiger partial charge < -0.3 is 10.2 Å². The lowest BCUT2D eigenvalue weighted by Crippen LogP contribution is -2.37.